The van der Waals surface area contributed by atoms with Crippen LogP contribution in [0, 0.1) is 23.2 Å². The molecule has 0 bridgehead atoms. The second-order valence-corrected chi connectivity index (χ2v) is 5.35. The van der Waals surface area contributed by atoms with Crippen LogP contribution in [0.15, 0.2) is 24.3 Å². The predicted octanol–water partition coefficient (Wildman–Crippen LogP) is 3.66. The molecule has 0 N–H and O–H groups in total. The molecule has 1 fully saturated rings. The van der Waals surface area contributed by atoms with Crippen LogP contribution >= 0.6 is 0 Å². The first-order valence-corrected chi connectivity index (χ1v) is 6.96. The monoisotopic (exact) mass is 259 g/mol. The van der Waals surface area contributed by atoms with Crippen LogP contribution in [0.5, 0.6) is 0 Å². The molecule has 1 saturated heterocycles. The van der Waals surface area contributed by atoms with Crippen molar-refractivity contribution in [3.63, 3.8) is 0 Å². The van der Waals surface area contributed by atoms with Gasteiger partial charge in [0.1, 0.15) is 0 Å². The van der Waals surface area contributed by atoms with Crippen LogP contribution in [0.25, 0.3) is 0 Å². The van der Waals surface area contributed by atoms with E-state index in [2.05, 4.69) is 19.9 Å². The lowest BCUT2D eigenvalue weighted by Gasteiger charge is -2.30. The van der Waals surface area contributed by atoms with Gasteiger partial charge in [0, 0.05) is 11.5 Å². The zero-order valence-electron chi connectivity index (χ0n) is 11.6. The molecular weight excluding hydrogens is 238 g/mol. The summed E-state index contributed by atoms with van der Waals surface area (Å²) in [6.07, 6.45) is 2.09. The van der Waals surface area contributed by atoms with Gasteiger partial charge in [0.15, 0.2) is 6.29 Å². The van der Waals surface area contributed by atoms with Gasteiger partial charge in [-0.25, -0.2) is 0 Å². The fourth-order valence-corrected chi connectivity index (χ4v) is 2.32. The van der Waals surface area contributed by atoms with E-state index in [4.69, 9.17) is 14.7 Å². The first kappa shape index (κ1) is 14.0. The van der Waals surface area contributed by atoms with Crippen LogP contribution in [-0.4, -0.2) is 13.2 Å². The molecule has 1 aliphatic heterocycles. The fourth-order valence-electron chi connectivity index (χ4n) is 2.32. The van der Waals surface area contributed by atoms with E-state index in [9.17, 15) is 0 Å². The molecule has 0 amide bonds. The fraction of sp³-hybridized carbons (Fsp3) is 0.562. The van der Waals surface area contributed by atoms with E-state index in [-0.39, 0.29) is 6.29 Å². The lowest BCUT2D eigenvalue weighted by atomic mass is 9.94. The molecular formula is C16H21NO2. The molecule has 102 valence electrons. The molecule has 3 nitrogen and oxygen atoms in total. The van der Waals surface area contributed by atoms with E-state index in [1.807, 2.05) is 12.1 Å². The maximum absolute atomic E-state index is 8.77. The molecule has 0 radical (unpaired) electrons. The van der Waals surface area contributed by atoms with Crippen LogP contribution in [-0.2, 0) is 9.47 Å². The Bertz CT molecular complexity index is 427. The number of ether oxygens (including phenoxy) is 2. The highest BCUT2D eigenvalue weighted by molar-refractivity contribution is 5.32. The summed E-state index contributed by atoms with van der Waals surface area (Å²) in [7, 11) is 0. The van der Waals surface area contributed by atoms with Crippen molar-refractivity contribution < 1.29 is 9.47 Å². The molecule has 19 heavy (non-hydrogen) atoms. The Hall–Kier alpha value is -1.37. The van der Waals surface area contributed by atoms with Gasteiger partial charge in [0.2, 0.25) is 0 Å². The predicted molar refractivity (Wildman–Crippen MR) is 73.4 cm³/mol. The summed E-state index contributed by atoms with van der Waals surface area (Å²) in [5.41, 5.74) is 1.65. The smallest absolute Gasteiger partial charge is 0.183 e. The van der Waals surface area contributed by atoms with Gasteiger partial charge in [-0.1, -0.05) is 32.4 Å². The summed E-state index contributed by atoms with van der Waals surface area (Å²) in [5.74, 6) is 1.23. The van der Waals surface area contributed by atoms with Crippen LogP contribution in [0.3, 0.4) is 0 Å². The summed E-state index contributed by atoms with van der Waals surface area (Å²) in [5, 5.41) is 8.77. The lowest BCUT2D eigenvalue weighted by Crippen LogP contribution is -2.28. The third kappa shape index (κ3) is 3.79. The molecule has 0 aromatic heterocycles. The normalized spacial score (nSPS) is 24.7. The van der Waals surface area contributed by atoms with Gasteiger partial charge in [-0.2, -0.15) is 5.26 Å². The number of hydrogen-bond donors (Lipinski definition) is 0. The summed E-state index contributed by atoms with van der Waals surface area (Å²) in [4.78, 5) is 0. The van der Waals surface area contributed by atoms with Gasteiger partial charge in [-0.3, -0.25) is 0 Å². The van der Waals surface area contributed by atoms with Gasteiger partial charge in [0.25, 0.3) is 0 Å². The Kier molecular flexibility index (Phi) is 4.95. The first-order chi connectivity index (χ1) is 9.22. The highest BCUT2D eigenvalue weighted by Crippen LogP contribution is 2.28. The SMILES string of the molecule is CCC(C)CC1COC(c2ccc(C#N)cc2)OC1. The average molecular weight is 259 g/mol. The van der Waals surface area contributed by atoms with Crippen molar-refractivity contribution in [2.24, 2.45) is 11.8 Å². The van der Waals surface area contributed by atoms with Gasteiger partial charge in [-0.15, -0.1) is 0 Å². The van der Waals surface area contributed by atoms with Crippen LogP contribution < -0.4 is 0 Å². The van der Waals surface area contributed by atoms with Gasteiger partial charge < -0.3 is 9.47 Å². The topological polar surface area (TPSA) is 42.2 Å². The molecule has 0 spiro atoms. The quantitative estimate of drug-likeness (QED) is 0.828. The largest absolute Gasteiger partial charge is 0.348 e. The Morgan fingerprint density at radius 2 is 1.89 bits per heavy atom. The van der Waals surface area contributed by atoms with E-state index >= 15 is 0 Å². The summed E-state index contributed by atoms with van der Waals surface area (Å²) >= 11 is 0. The molecule has 0 saturated carbocycles. The van der Waals surface area contributed by atoms with Crippen molar-refractivity contribution in [2.75, 3.05) is 13.2 Å². The van der Waals surface area contributed by atoms with Gasteiger partial charge in [0.05, 0.1) is 24.8 Å². The highest BCUT2D eigenvalue weighted by atomic mass is 16.7. The standard InChI is InChI=1S/C16H21NO2/c1-3-12(2)8-14-10-18-16(19-11-14)15-6-4-13(9-17)5-7-15/h4-7,12,14,16H,3,8,10-11H2,1-2H3. The summed E-state index contributed by atoms with van der Waals surface area (Å²) < 4.78 is 11.6. The van der Waals surface area contributed by atoms with E-state index in [0.717, 1.165) is 31.1 Å². The number of rotatable bonds is 4. The average Bonchev–Trinajstić information content (AvgIpc) is 2.48. The Balaban J connectivity index is 1.87. The van der Waals surface area contributed by atoms with E-state index in [0.29, 0.717) is 11.5 Å². The van der Waals surface area contributed by atoms with Crippen molar-refractivity contribution in [1.82, 2.24) is 0 Å². The molecule has 1 aromatic carbocycles. The maximum atomic E-state index is 8.77. The van der Waals surface area contributed by atoms with Crippen molar-refractivity contribution in [1.29, 1.82) is 5.26 Å². The number of hydrogen-bond acceptors (Lipinski definition) is 3. The lowest BCUT2D eigenvalue weighted by molar-refractivity contribution is -0.207. The minimum absolute atomic E-state index is 0.277. The highest BCUT2D eigenvalue weighted by Gasteiger charge is 2.24. The number of benzene rings is 1. The molecule has 1 atom stereocenters. The third-order valence-electron chi connectivity index (χ3n) is 3.71. The summed E-state index contributed by atoms with van der Waals surface area (Å²) in [6.45, 7) is 6.01. The Labute approximate surface area is 115 Å². The van der Waals surface area contributed by atoms with Crippen molar-refractivity contribution in [3.05, 3.63) is 35.4 Å². The van der Waals surface area contributed by atoms with Crippen LogP contribution in [0.2, 0.25) is 0 Å². The minimum Gasteiger partial charge on any atom is -0.348 e. The van der Waals surface area contributed by atoms with Gasteiger partial charge in [-0.05, 0) is 24.5 Å². The molecule has 2 rings (SSSR count). The van der Waals surface area contributed by atoms with E-state index in [1.165, 1.54) is 6.42 Å². The molecule has 1 unspecified atom stereocenters. The molecule has 3 heteroatoms. The molecule has 0 aliphatic carbocycles. The second kappa shape index (κ2) is 6.70. The van der Waals surface area contributed by atoms with E-state index < -0.39 is 0 Å². The van der Waals surface area contributed by atoms with Crippen LogP contribution in [0.4, 0.5) is 0 Å². The zero-order chi connectivity index (χ0) is 13.7. The van der Waals surface area contributed by atoms with Crippen LogP contribution in [0.1, 0.15) is 44.1 Å². The maximum Gasteiger partial charge on any atom is 0.183 e. The van der Waals surface area contributed by atoms with Crippen molar-refractivity contribution in [3.8, 4) is 6.07 Å². The second-order valence-electron chi connectivity index (χ2n) is 5.35. The van der Waals surface area contributed by atoms with Crippen molar-refractivity contribution >= 4 is 0 Å². The first-order valence-electron chi connectivity index (χ1n) is 6.96. The zero-order valence-corrected chi connectivity index (χ0v) is 11.6. The molecule has 1 aliphatic rings. The Morgan fingerprint density at radius 3 is 2.42 bits per heavy atom. The molecule has 1 heterocycles. The number of nitriles is 1. The Morgan fingerprint density at radius 1 is 1.26 bits per heavy atom. The van der Waals surface area contributed by atoms with E-state index in [1.54, 1.807) is 12.1 Å². The third-order valence-corrected chi connectivity index (χ3v) is 3.71. The number of nitrogens with zero attached hydrogens (tertiary/aromatic N) is 1. The minimum atomic E-state index is -0.277. The summed E-state index contributed by atoms with van der Waals surface area (Å²) in [6, 6.07) is 9.51. The molecule has 1 aromatic rings. The van der Waals surface area contributed by atoms with Crippen molar-refractivity contribution in [2.45, 2.75) is 33.0 Å². The van der Waals surface area contributed by atoms with Gasteiger partial charge >= 0.3 is 0 Å².